The van der Waals surface area contributed by atoms with Crippen LogP contribution < -0.4 is 5.73 Å². The van der Waals surface area contributed by atoms with Crippen molar-refractivity contribution >= 4 is 22.7 Å². The van der Waals surface area contributed by atoms with E-state index in [0.717, 1.165) is 5.39 Å². The highest BCUT2D eigenvalue weighted by Crippen LogP contribution is 2.20. The van der Waals surface area contributed by atoms with Gasteiger partial charge in [0.1, 0.15) is 0 Å². The van der Waals surface area contributed by atoms with Crippen molar-refractivity contribution < 1.29 is 14.3 Å². The number of esters is 1. The number of methoxy groups -OCH3 is 1. The van der Waals surface area contributed by atoms with E-state index in [4.69, 9.17) is 5.73 Å². The monoisotopic (exact) mass is 232 g/mol. The first-order chi connectivity index (χ1) is 8.17. The molecule has 1 aromatic carbocycles. The van der Waals surface area contributed by atoms with Crippen LogP contribution in [0, 0.1) is 0 Å². The highest BCUT2D eigenvalue weighted by Gasteiger charge is 2.12. The Bertz CT molecular complexity index is 586. The smallest absolute Gasteiger partial charge is 0.337 e. The molecule has 0 fully saturated rings. The highest BCUT2D eigenvalue weighted by atomic mass is 16.5. The molecule has 0 saturated carbocycles. The van der Waals surface area contributed by atoms with Crippen LogP contribution in [-0.2, 0) is 4.74 Å². The molecule has 17 heavy (non-hydrogen) atoms. The average molecular weight is 232 g/mol. The number of H-pyrrole nitrogens is 1. The Morgan fingerprint density at radius 3 is 2.82 bits per heavy atom. The molecular weight excluding hydrogens is 220 g/mol. The van der Waals surface area contributed by atoms with Gasteiger partial charge in [-0.15, -0.1) is 0 Å². The van der Waals surface area contributed by atoms with Gasteiger partial charge in [-0.25, -0.2) is 4.79 Å². The molecule has 1 heterocycles. The molecule has 3 N–H and O–H groups in total. The number of aromatic nitrogens is 1. The number of ether oxygens (including phenoxy) is 1. The Labute approximate surface area is 97.6 Å². The Kier molecular flexibility index (Phi) is 2.93. The van der Waals surface area contributed by atoms with Gasteiger partial charge in [0.05, 0.1) is 19.2 Å². The van der Waals surface area contributed by atoms with Gasteiger partial charge in [-0.2, -0.15) is 0 Å². The number of carbonyl (C=O) groups is 2. The van der Waals surface area contributed by atoms with E-state index in [1.54, 1.807) is 24.4 Å². The van der Waals surface area contributed by atoms with Crippen LogP contribution in [0.1, 0.15) is 20.7 Å². The summed E-state index contributed by atoms with van der Waals surface area (Å²) in [6, 6.07) is 4.98. The average Bonchev–Trinajstić information content (AvgIpc) is 2.79. The maximum absolute atomic E-state index is 11.5. The predicted molar refractivity (Wildman–Crippen MR) is 63.0 cm³/mol. The Morgan fingerprint density at radius 1 is 1.41 bits per heavy atom. The SMILES string of the molecule is COC(=O)c1ccc2c(C(=O)CN)c[nH]c2c1. The van der Waals surface area contributed by atoms with Crippen LogP contribution in [0.15, 0.2) is 24.4 Å². The molecule has 88 valence electrons. The van der Waals surface area contributed by atoms with Crippen molar-refractivity contribution in [2.45, 2.75) is 0 Å². The van der Waals surface area contributed by atoms with E-state index < -0.39 is 5.97 Å². The zero-order chi connectivity index (χ0) is 12.4. The van der Waals surface area contributed by atoms with E-state index in [1.165, 1.54) is 7.11 Å². The summed E-state index contributed by atoms with van der Waals surface area (Å²) in [5.74, 6) is -0.546. The number of hydrogen-bond acceptors (Lipinski definition) is 4. The van der Waals surface area contributed by atoms with E-state index in [9.17, 15) is 9.59 Å². The minimum atomic E-state index is -0.409. The van der Waals surface area contributed by atoms with Crippen LogP contribution in [0.5, 0.6) is 0 Å². The summed E-state index contributed by atoms with van der Waals surface area (Å²) in [7, 11) is 1.32. The fraction of sp³-hybridized carbons (Fsp3) is 0.167. The van der Waals surface area contributed by atoms with Crippen LogP contribution in [0.4, 0.5) is 0 Å². The lowest BCUT2D eigenvalue weighted by atomic mass is 10.1. The zero-order valence-corrected chi connectivity index (χ0v) is 9.32. The number of nitrogens with two attached hydrogens (primary N) is 1. The number of hydrogen-bond donors (Lipinski definition) is 2. The highest BCUT2D eigenvalue weighted by molar-refractivity contribution is 6.09. The largest absolute Gasteiger partial charge is 0.465 e. The van der Waals surface area contributed by atoms with Crippen LogP contribution >= 0.6 is 0 Å². The first-order valence-electron chi connectivity index (χ1n) is 5.10. The quantitative estimate of drug-likeness (QED) is 0.613. The number of Topliss-reactive ketones (excluding diaryl/α,β-unsaturated/α-hetero) is 1. The number of aromatic amines is 1. The zero-order valence-electron chi connectivity index (χ0n) is 9.32. The second kappa shape index (κ2) is 4.39. The molecule has 0 atom stereocenters. The molecule has 0 aliphatic carbocycles. The van der Waals surface area contributed by atoms with E-state index in [2.05, 4.69) is 9.72 Å². The number of rotatable bonds is 3. The third kappa shape index (κ3) is 1.92. The maximum atomic E-state index is 11.5. The minimum absolute atomic E-state index is 0.0360. The van der Waals surface area contributed by atoms with Crippen molar-refractivity contribution in [3.63, 3.8) is 0 Å². The molecule has 0 amide bonds. The Hall–Kier alpha value is -2.14. The van der Waals surface area contributed by atoms with Gasteiger partial charge in [0.15, 0.2) is 5.78 Å². The van der Waals surface area contributed by atoms with E-state index in [-0.39, 0.29) is 12.3 Å². The van der Waals surface area contributed by atoms with Gasteiger partial charge in [-0.05, 0) is 12.1 Å². The lowest BCUT2D eigenvalue weighted by molar-refractivity contribution is 0.0601. The summed E-state index contributed by atoms with van der Waals surface area (Å²) in [5.41, 5.74) is 7.01. The standard InChI is InChI=1S/C12H12N2O3/c1-17-12(16)7-2-3-8-9(11(15)5-13)6-14-10(8)4-7/h2-4,6,14H,5,13H2,1H3. The van der Waals surface area contributed by atoms with Crippen molar-refractivity contribution in [1.29, 1.82) is 0 Å². The number of fused-ring (bicyclic) bond motifs is 1. The number of ketones is 1. The molecule has 0 spiro atoms. The second-order valence-electron chi connectivity index (χ2n) is 3.58. The molecule has 0 aliphatic rings. The number of benzene rings is 1. The van der Waals surface area contributed by atoms with Gasteiger partial charge in [0, 0.05) is 22.7 Å². The van der Waals surface area contributed by atoms with Crippen molar-refractivity contribution in [2.75, 3.05) is 13.7 Å². The molecule has 1 aromatic heterocycles. The topological polar surface area (TPSA) is 85.2 Å². The molecule has 0 bridgehead atoms. The van der Waals surface area contributed by atoms with E-state index >= 15 is 0 Å². The first-order valence-corrected chi connectivity index (χ1v) is 5.10. The van der Waals surface area contributed by atoms with Crippen LogP contribution in [0.2, 0.25) is 0 Å². The molecule has 0 radical (unpaired) electrons. The molecule has 5 nitrogen and oxygen atoms in total. The summed E-state index contributed by atoms with van der Waals surface area (Å²) in [5, 5.41) is 0.758. The lowest BCUT2D eigenvalue weighted by Crippen LogP contribution is -2.12. The van der Waals surface area contributed by atoms with E-state index in [0.29, 0.717) is 16.6 Å². The Balaban J connectivity index is 2.52. The summed E-state index contributed by atoms with van der Waals surface area (Å²) in [6.45, 7) is -0.0360. The van der Waals surface area contributed by atoms with Gasteiger partial charge in [0.2, 0.25) is 0 Å². The lowest BCUT2D eigenvalue weighted by Gasteiger charge is -1.99. The van der Waals surface area contributed by atoms with Crippen molar-refractivity contribution in [3.8, 4) is 0 Å². The van der Waals surface area contributed by atoms with E-state index in [1.807, 2.05) is 0 Å². The minimum Gasteiger partial charge on any atom is -0.465 e. The second-order valence-corrected chi connectivity index (χ2v) is 3.58. The third-order valence-electron chi connectivity index (χ3n) is 2.59. The van der Waals surface area contributed by atoms with Crippen molar-refractivity contribution in [1.82, 2.24) is 4.98 Å². The van der Waals surface area contributed by atoms with Crippen LogP contribution in [-0.4, -0.2) is 30.4 Å². The van der Waals surface area contributed by atoms with Gasteiger partial charge in [0.25, 0.3) is 0 Å². The van der Waals surface area contributed by atoms with Crippen molar-refractivity contribution in [2.24, 2.45) is 5.73 Å². The van der Waals surface area contributed by atoms with Crippen LogP contribution in [0.3, 0.4) is 0 Å². The summed E-state index contributed by atoms with van der Waals surface area (Å²) >= 11 is 0. The molecule has 0 saturated heterocycles. The summed E-state index contributed by atoms with van der Waals surface area (Å²) in [6.07, 6.45) is 1.60. The van der Waals surface area contributed by atoms with Gasteiger partial charge in [-0.1, -0.05) is 6.07 Å². The Morgan fingerprint density at radius 2 is 2.18 bits per heavy atom. The first kappa shape index (κ1) is 11.3. The molecule has 0 unspecified atom stereocenters. The normalized spacial score (nSPS) is 10.5. The fourth-order valence-corrected chi connectivity index (χ4v) is 1.71. The number of nitrogens with one attached hydrogen (secondary N) is 1. The van der Waals surface area contributed by atoms with Gasteiger partial charge in [-0.3, -0.25) is 4.79 Å². The predicted octanol–water partition coefficient (Wildman–Crippen LogP) is 1.10. The molecule has 5 heteroatoms. The summed E-state index contributed by atoms with van der Waals surface area (Å²) < 4.78 is 4.62. The third-order valence-corrected chi connectivity index (χ3v) is 2.59. The van der Waals surface area contributed by atoms with Crippen molar-refractivity contribution in [3.05, 3.63) is 35.5 Å². The van der Waals surface area contributed by atoms with Gasteiger partial charge < -0.3 is 15.5 Å². The number of carbonyl (C=O) groups excluding carboxylic acids is 2. The van der Waals surface area contributed by atoms with Crippen LogP contribution in [0.25, 0.3) is 10.9 Å². The fourth-order valence-electron chi connectivity index (χ4n) is 1.71. The molecule has 2 rings (SSSR count). The molecule has 2 aromatic rings. The van der Waals surface area contributed by atoms with Gasteiger partial charge >= 0.3 is 5.97 Å². The molecular formula is C12H12N2O3. The maximum Gasteiger partial charge on any atom is 0.337 e. The molecule has 0 aliphatic heterocycles. The summed E-state index contributed by atoms with van der Waals surface area (Å²) in [4.78, 5) is 25.8.